The van der Waals surface area contributed by atoms with Crippen molar-refractivity contribution in [3.05, 3.63) is 64.8 Å². The average molecular weight is 396 g/mol. The molecule has 0 aliphatic heterocycles. The third-order valence-electron chi connectivity index (χ3n) is 5.17. The number of rotatable bonds is 10. The lowest BCUT2D eigenvalue weighted by Gasteiger charge is -2.12. The predicted molar refractivity (Wildman–Crippen MR) is 114 cm³/mol. The van der Waals surface area contributed by atoms with Crippen LogP contribution < -0.4 is 10.1 Å². The van der Waals surface area contributed by atoms with E-state index in [0.717, 1.165) is 40.6 Å². The Hall–Kier alpha value is -2.83. The summed E-state index contributed by atoms with van der Waals surface area (Å²) in [6, 6.07) is 13.8. The topological polar surface area (TPSA) is 72.7 Å². The molecule has 1 aromatic heterocycles. The van der Waals surface area contributed by atoms with Gasteiger partial charge in [0.25, 0.3) is 0 Å². The van der Waals surface area contributed by atoms with Gasteiger partial charge < -0.3 is 24.5 Å². The first-order valence-electron chi connectivity index (χ1n) is 9.73. The smallest absolute Gasteiger partial charge is 0.352 e. The van der Waals surface area contributed by atoms with Crippen LogP contribution in [0.4, 0.5) is 0 Å². The largest absolute Gasteiger partial charge is 0.497 e. The molecule has 0 bridgehead atoms. The van der Waals surface area contributed by atoms with Crippen molar-refractivity contribution in [3.8, 4) is 5.75 Å². The maximum atomic E-state index is 12.3. The van der Waals surface area contributed by atoms with Crippen LogP contribution in [0.3, 0.4) is 0 Å². The minimum Gasteiger partial charge on any atom is -0.497 e. The van der Waals surface area contributed by atoms with Crippen molar-refractivity contribution in [2.45, 2.75) is 26.4 Å². The third kappa shape index (κ3) is 4.60. The van der Waals surface area contributed by atoms with Gasteiger partial charge in [0.1, 0.15) is 11.4 Å². The zero-order chi connectivity index (χ0) is 20.8. The van der Waals surface area contributed by atoms with Crippen LogP contribution >= 0.6 is 0 Å². The molecule has 154 valence electrons. The van der Waals surface area contributed by atoms with Gasteiger partial charge in [-0.1, -0.05) is 24.3 Å². The van der Waals surface area contributed by atoms with Crippen LogP contribution in [0.2, 0.25) is 0 Å². The molecule has 3 aromatic rings. The van der Waals surface area contributed by atoms with Gasteiger partial charge in [-0.15, -0.1) is 0 Å². The molecule has 0 saturated carbocycles. The van der Waals surface area contributed by atoms with Crippen LogP contribution in [-0.4, -0.2) is 43.0 Å². The summed E-state index contributed by atoms with van der Waals surface area (Å²) in [4.78, 5) is 12.3. The molecule has 0 atom stereocenters. The fourth-order valence-electron chi connectivity index (χ4n) is 3.63. The summed E-state index contributed by atoms with van der Waals surface area (Å²) < 4.78 is 12.4. The number of ether oxygens (including phenoxy) is 2. The van der Waals surface area contributed by atoms with E-state index in [0.29, 0.717) is 31.1 Å². The van der Waals surface area contributed by atoms with E-state index in [-0.39, 0.29) is 0 Å². The lowest BCUT2D eigenvalue weighted by molar-refractivity contribution is 0.0684. The maximum Gasteiger partial charge on any atom is 0.352 e. The molecular formula is C23H28N2O4. The van der Waals surface area contributed by atoms with Crippen LogP contribution in [0.1, 0.15) is 33.6 Å². The first-order chi connectivity index (χ1) is 14.1. The maximum absolute atomic E-state index is 12.3. The minimum atomic E-state index is -0.928. The Balaban J connectivity index is 2.07. The summed E-state index contributed by atoms with van der Waals surface area (Å²) >= 11 is 0. The first kappa shape index (κ1) is 20.9. The highest BCUT2D eigenvalue weighted by Crippen LogP contribution is 2.31. The van der Waals surface area contributed by atoms with Crippen LogP contribution in [0.5, 0.6) is 5.75 Å². The van der Waals surface area contributed by atoms with Crippen molar-refractivity contribution in [3.63, 3.8) is 0 Å². The molecule has 0 spiro atoms. The number of aromatic nitrogens is 1. The van der Waals surface area contributed by atoms with Gasteiger partial charge in [0.2, 0.25) is 0 Å². The van der Waals surface area contributed by atoms with Gasteiger partial charge in [-0.05, 0) is 43.1 Å². The number of aromatic carboxylic acids is 1. The Kier molecular flexibility index (Phi) is 6.90. The van der Waals surface area contributed by atoms with E-state index in [9.17, 15) is 9.90 Å². The molecule has 0 aliphatic carbocycles. The lowest BCUT2D eigenvalue weighted by atomic mass is 10.1. The number of carbonyl (C=O) groups is 1. The number of methoxy groups -OCH3 is 2. The molecule has 0 aliphatic rings. The summed E-state index contributed by atoms with van der Waals surface area (Å²) in [5.41, 5.74) is 4.19. The predicted octanol–water partition coefficient (Wildman–Crippen LogP) is 3.83. The molecule has 3 rings (SSSR count). The molecule has 1 heterocycles. The van der Waals surface area contributed by atoms with E-state index >= 15 is 0 Å². The van der Waals surface area contributed by atoms with Gasteiger partial charge in [0.05, 0.1) is 12.6 Å². The highest BCUT2D eigenvalue weighted by atomic mass is 16.5. The standard InChI is InChI=1S/C23H28N2O4/c1-16-7-4-5-8-17(16)15-25-21-13-18(29-3)9-10-19(21)20(22(25)23(26)27)14-24-11-6-12-28-2/h4-5,7-10,13,24H,6,11-12,14-15H2,1-3H3,(H,26,27). The Morgan fingerprint density at radius 1 is 1.17 bits per heavy atom. The summed E-state index contributed by atoms with van der Waals surface area (Å²) in [6.45, 7) is 4.44. The quantitative estimate of drug-likeness (QED) is 0.510. The van der Waals surface area contributed by atoms with E-state index in [1.165, 1.54) is 0 Å². The molecule has 2 N–H and O–H groups in total. The van der Waals surface area contributed by atoms with E-state index in [2.05, 4.69) is 5.32 Å². The molecular weight excluding hydrogens is 368 g/mol. The second-order valence-corrected chi connectivity index (χ2v) is 7.05. The normalized spacial score (nSPS) is 11.1. The summed E-state index contributed by atoms with van der Waals surface area (Å²) in [6.07, 6.45) is 0.870. The molecule has 0 radical (unpaired) electrons. The van der Waals surface area contributed by atoms with Crippen molar-refractivity contribution < 1.29 is 19.4 Å². The number of nitrogens with zero attached hydrogens (tertiary/aromatic N) is 1. The van der Waals surface area contributed by atoms with Crippen LogP contribution in [0, 0.1) is 6.92 Å². The lowest BCUT2D eigenvalue weighted by Crippen LogP contribution is -2.19. The number of carboxylic acids is 1. The zero-order valence-corrected chi connectivity index (χ0v) is 17.2. The number of nitrogens with one attached hydrogen (secondary N) is 1. The third-order valence-corrected chi connectivity index (χ3v) is 5.17. The zero-order valence-electron chi connectivity index (χ0n) is 17.2. The first-order valence-corrected chi connectivity index (χ1v) is 9.73. The summed E-state index contributed by atoms with van der Waals surface area (Å²) in [5.74, 6) is -0.222. The average Bonchev–Trinajstić information content (AvgIpc) is 3.02. The van der Waals surface area contributed by atoms with Crippen molar-refractivity contribution in [1.82, 2.24) is 9.88 Å². The number of carboxylic acid groups (broad SMARTS) is 1. The van der Waals surface area contributed by atoms with Gasteiger partial charge in [-0.25, -0.2) is 4.79 Å². The molecule has 6 nitrogen and oxygen atoms in total. The van der Waals surface area contributed by atoms with Gasteiger partial charge in [-0.2, -0.15) is 0 Å². The molecule has 0 fully saturated rings. The number of benzene rings is 2. The van der Waals surface area contributed by atoms with Gasteiger partial charge in [0.15, 0.2) is 0 Å². The van der Waals surface area contributed by atoms with E-state index in [1.54, 1.807) is 14.2 Å². The Morgan fingerprint density at radius 3 is 2.66 bits per heavy atom. The van der Waals surface area contributed by atoms with Crippen LogP contribution in [0.15, 0.2) is 42.5 Å². The van der Waals surface area contributed by atoms with Crippen LogP contribution in [-0.2, 0) is 17.8 Å². The highest BCUT2D eigenvalue weighted by molar-refractivity contribution is 5.98. The fourth-order valence-corrected chi connectivity index (χ4v) is 3.63. The van der Waals surface area contributed by atoms with E-state index < -0.39 is 5.97 Å². The van der Waals surface area contributed by atoms with Crippen LogP contribution in [0.25, 0.3) is 10.9 Å². The SMILES string of the molecule is COCCCNCc1c(C(=O)O)n(Cc2ccccc2C)c2cc(OC)ccc12. The highest BCUT2D eigenvalue weighted by Gasteiger charge is 2.23. The Morgan fingerprint density at radius 2 is 1.97 bits per heavy atom. The molecule has 29 heavy (non-hydrogen) atoms. The summed E-state index contributed by atoms with van der Waals surface area (Å²) in [7, 11) is 3.29. The second kappa shape index (κ2) is 9.58. The van der Waals surface area contributed by atoms with Gasteiger partial charge in [0, 0.05) is 43.8 Å². The number of aryl methyl sites for hydroxylation is 1. The van der Waals surface area contributed by atoms with Crippen molar-refractivity contribution in [2.75, 3.05) is 27.4 Å². The monoisotopic (exact) mass is 396 g/mol. The van der Waals surface area contributed by atoms with E-state index in [4.69, 9.17) is 9.47 Å². The molecule has 0 unspecified atom stereocenters. The van der Waals surface area contributed by atoms with Gasteiger partial charge >= 0.3 is 5.97 Å². The molecule has 6 heteroatoms. The number of hydrogen-bond acceptors (Lipinski definition) is 4. The molecule has 2 aromatic carbocycles. The number of fused-ring (bicyclic) bond motifs is 1. The minimum absolute atomic E-state index is 0.316. The summed E-state index contributed by atoms with van der Waals surface area (Å²) in [5, 5.41) is 14.3. The van der Waals surface area contributed by atoms with Crippen molar-refractivity contribution in [1.29, 1.82) is 0 Å². The second-order valence-electron chi connectivity index (χ2n) is 7.05. The Labute approximate surface area is 171 Å². The fraction of sp³-hybridized carbons (Fsp3) is 0.348. The Bertz CT molecular complexity index is 994. The van der Waals surface area contributed by atoms with Crippen molar-refractivity contribution in [2.24, 2.45) is 0 Å². The van der Waals surface area contributed by atoms with E-state index in [1.807, 2.05) is 54.0 Å². The number of hydrogen-bond donors (Lipinski definition) is 2. The molecule has 0 amide bonds. The van der Waals surface area contributed by atoms with Gasteiger partial charge in [-0.3, -0.25) is 0 Å². The molecule has 0 saturated heterocycles. The van der Waals surface area contributed by atoms with Crippen molar-refractivity contribution >= 4 is 16.9 Å².